The van der Waals surface area contributed by atoms with Gasteiger partial charge >= 0.3 is 6.03 Å². The molecule has 1 unspecified atom stereocenters. The van der Waals surface area contributed by atoms with Crippen molar-refractivity contribution in [2.45, 2.75) is 63.5 Å². The number of rotatable bonds is 5. The molecule has 2 atom stereocenters. The highest BCUT2D eigenvalue weighted by Crippen LogP contribution is 2.48. The van der Waals surface area contributed by atoms with Crippen molar-refractivity contribution in [3.05, 3.63) is 40.6 Å². The van der Waals surface area contributed by atoms with Gasteiger partial charge in [0.05, 0.1) is 32.3 Å². The van der Waals surface area contributed by atoms with Gasteiger partial charge in [-0.25, -0.2) is 4.79 Å². The molecule has 0 saturated carbocycles. The molecule has 9 heteroatoms. The topological polar surface area (TPSA) is 74.7 Å². The molecule has 8 nitrogen and oxygen atoms in total. The molecule has 0 aromatic heterocycles. The molecule has 1 aromatic rings. The van der Waals surface area contributed by atoms with Crippen molar-refractivity contribution in [1.82, 2.24) is 14.7 Å². The summed E-state index contributed by atoms with van der Waals surface area (Å²) in [5.74, 6) is 0.955. The number of ether oxygens (including phenoxy) is 2. The van der Waals surface area contributed by atoms with Crippen molar-refractivity contribution >= 4 is 28.7 Å². The summed E-state index contributed by atoms with van der Waals surface area (Å²) in [7, 11) is 3.38. The maximum atomic E-state index is 13.8. The average molecular weight is 513 g/mol. The summed E-state index contributed by atoms with van der Waals surface area (Å²) in [4.78, 5) is 37.3. The lowest BCUT2D eigenvalue weighted by Crippen LogP contribution is -2.55. The Labute approximate surface area is 217 Å². The summed E-state index contributed by atoms with van der Waals surface area (Å²) in [5, 5.41) is 0.990. The fourth-order valence-electron chi connectivity index (χ4n) is 6.30. The number of methoxy groups -OCH3 is 2. The lowest BCUT2D eigenvalue weighted by molar-refractivity contribution is -0.125. The molecule has 2 saturated heterocycles. The predicted molar refractivity (Wildman–Crippen MR) is 141 cm³/mol. The van der Waals surface area contributed by atoms with E-state index < -0.39 is 5.54 Å². The van der Waals surface area contributed by atoms with Crippen LogP contribution in [0.25, 0.3) is 0 Å². The minimum absolute atomic E-state index is 0.0365. The van der Waals surface area contributed by atoms with Crippen molar-refractivity contribution in [1.29, 1.82) is 0 Å². The van der Waals surface area contributed by atoms with Crippen LogP contribution in [0.2, 0.25) is 0 Å². The Morgan fingerprint density at radius 2 is 1.97 bits per heavy atom. The molecule has 1 spiro atoms. The number of fused-ring (bicyclic) bond motifs is 3. The molecular formula is C27H36N4O4S. The van der Waals surface area contributed by atoms with E-state index in [-0.39, 0.29) is 17.9 Å². The van der Waals surface area contributed by atoms with Gasteiger partial charge in [-0.15, -0.1) is 0 Å². The van der Waals surface area contributed by atoms with E-state index in [1.807, 2.05) is 27.7 Å². The van der Waals surface area contributed by atoms with Crippen LogP contribution in [0.4, 0.5) is 4.79 Å². The Morgan fingerprint density at radius 3 is 2.58 bits per heavy atom. The standard InChI is InChI=1S/C27H36N4O4S/c1-6-31-26(33)30-15-20-12-19(16-34-4)13-21(35-5)23(20)17(2)11-22(30)27(31)7-9-29(10-8-27)25(32)24-28-14-18(3)36-24/h11-13,17-18H,6-10,14-16H2,1-5H3/t17-,18?/m0/s1. The monoisotopic (exact) mass is 512 g/mol. The SMILES string of the molecule is CCN1C(=O)N2Cc3cc(COC)cc(OC)c3[C@@H](C)C=C2C12CCN(C(=O)C1=NCC(C)S1)CC2. The lowest BCUT2D eigenvalue weighted by Gasteiger charge is -2.44. The van der Waals surface area contributed by atoms with Gasteiger partial charge in [-0.3, -0.25) is 14.7 Å². The van der Waals surface area contributed by atoms with Crippen molar-refractivity contribution < 1.29 is 19.1 Å². The van der Waals surface area contributed by atoms with Crippen molar-refractivity contribution in [3.63, 3.8) is 0 Å². The number of benzene rings is 1. The summed E-state index contributed by atoms with van der Waals surface area (Å²) in [6.07, 6.45) is 3.71. The molecule has 3 amide bonds. The van der Waals surface area contributed by atoms with Crippen LogP contribution < -0.4 is 4.74 Å². The van der Waals surface area contributed by atoms with E-state index >= 15 is 0 Å². The molecule has 5 rings (SSSR count). The first-order valence-electron chi connectivity index (χ1n) is 12.8. The van der Waals surface area contributed by atoms with Gasteiger partial charge in [-0.05, 0) is 37.0 Å². The largest absolute Gasteiger partial charge is 0.496 e. The molecule has 4 aliphatic heterocycles. The maximum Gasteiger partial charge on any atom is 0.325 e. The number of amides is 3. The highest BCUT2D eigenvalue weighted by molar-refractivity contribution is 8.16. The number of likely N-dealkylation sites (tertiary alicyclic amines) is 1. The number of hydrogen-bond donors (Lipinski definition) is 0. The smallest absolute Gasteiger partial charge is 0.325 e. The van der Waals surface area contributed by atoms with E-state index in [9.17, 15) is 9.59 Å². The Morgan fingerprint density at radius 1 is 1.22 bits per heavy atom. The fourth-order valence-corrected chi connectivity index (χ4v) is 7.21. The van der Waals surface area contributed by atoms with Gasteiger partial charge in [0.1, 0.15) is 5.75 Å². The van der Waals surface area contributed by atoms with Gasteiger partial charge in [-0.1, -0.05) is 37.8 Å². The van der Waals surface area contributed by atoms with Crippen molar-refractivity contribution in [3.8, 4) is 5.75 Å². The molecule has 0 aliphatic carbocycles. The fraction of sp³-hybridized carbons (Fsp3) is 0.593. The summed E-state index contributed by atoms with van der Waals surface area (Å²) >= 11 is 1.57. The Hall–Kier alpha value is -2.52. The van der Waals surface area contributed by atoms with Gasteiger partial charge in [0.25, 0.3) is 5.91 Å². The second kappa shape index (κ2) is 9.74. The molecule has 0 bridgehead atoms. The summed E-state index contributed by atoms with van der Waals surface area (Å²) in [6, 6.07) is 4.23. The van der Waals surface area contributed by atoms with E-state index in [0.717, 1.165) is 41.0 Å². The van der Waals surface area contributed by atoms with Crippen LogP contribution in [0.3, 0.4) is 0 Å². The van der Waals surface area contributed by atoms with Gasteiger partial charge < -0.3 is 19.3 Å². The molecule has 36 heavy (non-hydrogen) atoms. The number of carbonyl (C=O) groups excluding carboxylic acids is 2. The number of piperidine rings is 1. The molecule has 0 radical (unpaired) electrons. The number of nitrogens with zero attached hydrogens (tertiary/aromatic N) is 4. The number of carbonyl (C=O) groups is 2. The maximum absolute atomic E-state index is 13.8. The van der Waals surface area contributed by atoms with Gasteiger partial charge in [0.15, 0.2) is 5.04 Å². The van der Waals surface area contributed by atoms with Crippen LogP contribution in [0.1, 0.15) is 56.2 Å². The van der Waals surface area contributed by atoms with Crippen LogP contribution in [0.15, 0.2) is 28.9 Å². The number of aliphatic imine (C=N–C) groups is 1. The van der Waals surface area contributed by atoms with Crippen LogP contribution >= 0.6 is 11.8 Å². The van der Waals surface area contributed by atoms with E-state index in [0.29, 0.717) is 49.6 Å². The van der Waals surface area contributed by atoms with Crippen LogP contribution in [0, 0.1) is 0 Å². The molecule has 2 fully saturated rings. The van der Waals surface area contributed by atoms with E-state index in [1.165, 1.54) is 0 Å². The third kappa shape index (κ3) is 4.00. The third-order valence-corrected chi connectivity index (χ3v) is 9.02. The van der Waals surface area contributed by atoms with Gasteiger partial charge in [0, 0.05) is 49.2 Å². The molecule has 194 valence electrons. The quantitative estimate of drug-likeness (QED) is 0.596. The van der Waals surface area contributed by atoms with E-state index in [2.05, 4.69) is 31.0 Å². The van der Waals surface area contributed by atoms with Gasteiger partial charge in [0.2, 0.25) is 0 Å². The zero-order valence-corrected chi connectivity index (χ0v) is 22.7. The Kier molecular flexibility index (Phi) is 6.80. The average Bonchev–Trinajstić information content (AvgIpc) is 3.33. The highest BCUT2D eigenvalue weighted by Gasteiger charge is 2.55. The minimum Gasteiger partial charge on any atom is -0.496 e. The first-order valence-corrected chi connectivity index (χ1v) is 13.7. The zero-order valence-electron chi connectivity index (χ0n) is 21.9. The predicted octanol–water partition coefficient (Wildman–Crippen LogP) is 4.00. The highest BCUT2D eigenvalue weighted by atomic mass is 32.2. The van der Waals surface area contributed by atoms with E-state index in [1.54, 1.807) is 26.0 Å². The molecular weight excluding hydrogens is 476 g/mol. The number of urea groups is 1. The first-order chi connectivity index (χ1) is 17.3. The van der Waals surface area contributed by atoms with Crippen LogP contribution in [0.5, 0.6) is 5.75 Å². The van der Waals surface area contributed by atoms with Crippen molar-refractivity contribution in [2.24, 2.45) is 4.99 Å². The second-order valence-corrected chi connectivity index (χ2v) is 11.6. The first kappa shape index (κ1) is 25.1. The lowest BCUT2D eigenvalue weighted by atomic mass is 9.82. The normalized spacial score (nSPS) is 24.9. The number of thioether (sulfide) groups is 1. The third-order valence-electron chi connectivity index (χ3n) is 7.94. The van der Waals surface area contributed by atoms with E-state index in [4.69, 9.17) is 9.47 Å². The Bertz CT molecular complexity index is 1130. The molecule has 4 aliphatic rings. The number of allylic oxidation sites excluding steroid dienone is 1. The number of likely N-dealkylation sites (N-methyl/N-ethyl adjacent to an activating group) is 1. The van der Waals surface area contributed by atoms with Crippen LogP contribution in [-0.4, -0.2) is 82.9 Å². The second-order valence-electron chi connectivity index (χ2n) is 10.2. The Balaban J connectivity index is 1.47. The molecule has 0 N–H and O–H groups in total. The zero-order chi connectivity index (χ0) is 25.6. The van der Waals surface area contributed by atoms with Gasteiger partial charge in [-0.2, -0.15) is 0 Å². The number of hydrogen-bond acceptors (Lipinski definition) is 6. The molecule has 1 aromatic carbocycles. The molecule has 4 heterocycles. The van der Waals surface area contributed by atoms with Crippen LogP contribution in [-0.2, 0) is 22.7 Å². The minimum atomic E-state index is -0.403. The summed E-state index contributed by atoms with van der Waals surface area (Å²) in [6.45, 7) is 9.89. The van der Waals surface area contributed by atoms with Crippen molar-refractivity contribution in [2.75, 3.05) is 40.4 Å². The summed E-state index contributed by atoms with van der Waals surface area (Å²) in [5.41, 5.74) is 3.93. The summed E-state index contributed by atoms with van der Waals surface area (Å²) < 4.78 is 11.2.